The van der Waals surface area contributed by atoms with Crippen LogP contribution in [0.1, 0.15) is 29.6 Å². The lowest BCUT2D eigenvalue weighted by Gasteiger charge is -2.25. The Labute approximate surface area is 153 Å². The molecule has 1 aliphatic heterocycles. The van der Waals surface area contributed by atoms with Gasteiger partial charge >= 0.3 is 5.97 Å². The van der Waals surface area contributed by atoms with Crippen LogP contribution >= 0.6 is 0 Å². The second-order valence-electron chi connectivity index (χ2n) is 5.91. The van der Waals surface area contributed by atoms with Crippen LogP contribution in [0, 0.1) is 0 Å². The molecule has 1 saturated heterocycles. The number of benzene rings is 1. The summed E-state index contributed by atoms with van der Waals surface area (Å²) in [6.45, 7) is 1.33. The van der Waals surface area contributed by atoms with Gasteiger partial charge in [-0.25, -0.2) is 13.2 Å². The number of amides is 1. The first-order chi connectivity index (χ1) is 12.4. The molecule has 144 valence electrons. The van der Waals surface area contributed by atoms with Crippen LogP contribution in [0.3, 0.4) is 0 Å². The monoisotopic (exact) mass is 384 g/mol. The maximum Gasteiger partial charge on any atom is 0.338 e. The Hall–Kier alpha value is -1.97. The molecule has 1 aromatic carbocycles. The van der Waals surface area contributed by atoms with E-state index in [0.29, 0.717) is 26.2 Å². The first-order valence-electron chi connectivity index (χ1n) is 8.48. The number of rotatable bonds is 8. The molecule has 0 radical (unpaired) electrons. The van der Waals surface area contributed by atoms with Crippen molar-refractivity contribution in [3.8, 4) is 0 Å². The SMILES string of the molecule is COCCNC(=O)COC(=O)c1ccc(S(=O)(=O)N2CCCCC2)cc1. The summed E-state index contributed by atoms with van der Waals surface area (Å²) in [4.78, 5) is 23.6. The Morgan fingerprint density at radius 2 is 1.77 bits per heavy atom. The molecular formula is C17H24N2O6S. The lowest BCUT2D eigenvalue weighted by Crippen LogP contribution is -2.35. The van der Waals surface area contributed by atoms with Gasteiger partial charge in [0.1, 0.15) is 0 Å². The predicted molar refractivity (Wildman–Crippen MR) is 94.2 cm³/mol. The molecule has 2 rings (SSSR count). The zero-order valence-corrected chi connectivity index (χ0v) is 15.6. The molecular weight excluding hydrogens is 360 g/mol. The van der Waals surface area contributed by atoms with Gasteiger partial charge in [-0.15, -0.1) is 0 Å². The molecule has 0 aromatic heterocycles. The standard InChI is InChI=1S/C17H24N2O6S/c1-24-12-9-18-16(20)13-25-17(21)14-5-7-15(8-6-14)26(22,23)19-10-3-2-4-11-19/h5-8H,2-4,9-13H2,1H3,(H,18,20). The average molecular weight is 384 g/mol. The van der Waals surface area contributed by atoms with Crippen molar-refractivity contribution in [3.05, 3.63) is 29.8 Å². The van der Waals surface area contributed by atoms with E-state index < -0.39 is 28.5 Å². The summed E-state index contributed by atoms with van der Waals surface area (Å²) in [7, 11) is -2.02. The van der Waals surface area contributed by atoms with Crippen molar-refractivity contribution in [2.45, 2.75) is 24.2 Å². The van der Waals surface area contributed by atoms with E-state index in [2.05, 4.69) is 5.32 Å². The number of methoxy groups -OCH3 is 1. The van der Waals surface area contributed by atoms with E-state index >= 15 is 0 Å². The summed E-state index contributed by atoms with van der Waals surface area (Å²) in [5, 5.41) is 2.53. The Morgan fingerprint density at radius 1 is 1.12 bits per heavy atom. The highest BCUT2D eigenvalue weighted by Crippen LogP contribution is 2.21. The van der Waals surface area contributed by atoms with Crippen molar-refractivity contribution >= 4 is 21.9 Å². The summed E-state index contributed by atoms with van der Waals surface area (Å²) in [6.07, 6.45) is 2.75. The topological polar surface area (TPSA) is 102 Å². The van der Waals surface area contributed by atoms with E-state index in [1.165, 1.54) is 35.7 Å². The molecule has 1 N–H and O–H groups in total. The molecule has 26 heavy (non-hydrogen) atoms. The van der Waals surface area contributed by atoms with Crippen LogP contribution in [0.5, 0.6) is 0 Å². The highest BCUT2D eigenvalue weighted by molar-refractivity contribution is 7.89. The minimum atomic E-state index is -3.54. The summed E-state index contributed by atoms with van der Waals surface area (Å²) < 4.78 is 36.3. The smallest absolute Gasteiger partial charge is 0.338 e. The third kappa shape index (κ3) is 5.52. The molecule has 0 unspecified atom stereocenters. The Morgan fingerprint density at radius 3 is 2.38 bits per heavy atom. The van der Waals surface area contributed by atoms with Gasteiger partial charge in [0.05, 0.1) is 17.1 Å². The fourth-order valence-corrected chi connectivity index (χ4v) is 4.09. The molecule has 0 saturated carbocycles. The Bertz CT molecular complexity index is 711. The number of esters is 1. The van der Waals surface area contributed by atoms with Gasteiger partial charge in [0.2, 0.25) is 10.0 Å². The fourth-order valence-electron chi connectivity index (χ4n) is 2.58. The predicted octanol–water partition coefficient (Wildman–Crippen LogP) is 0.781. The van der Waals surface area contributed by atoms with Crippen molar-refractivity contribution in [2.24, 2.45) is 0 Å². The third-order valence-corrected chi connectivity index (χ3v) is 5.92. The highest BCUT2D eigenvalue weighted by Gasteiger charge is 2.26. The fraction of sp³-hybridized carbons (Fsp3) is 0.529. The summed E-state index contributed by atoms with van der Waals surface area (Å²) >= 11 is 0. The second kappa shape index (κ2) is 9.65. The largest absolute Gasteiger partial charge is 0.452 e. The van der Waals surface area contributed by atoms with Crippen LogP contribution in [0.25, 0.3) is 0 Å². The van der Waals surface area contributed by atoms with Crippen LogP contribution in [0.4, 0.5) is 0 Å². The minimum Gasteiger partial charge on any atom is -0.452 e. The number of hydrogen-bond acceptors (Lipinski definition) is 6. The van der Waals surface area contributed by atoms with Gasteiger partial charge in [0.25, 0.3) is 5.91 Å². The van der Waals surface area contributed by atoms with Gasteiger partial charge in [0, 0.05) is 26.7 Å². The summed E-state index contributed by atoms with van der Waals surface area (Å²) in [5.41, 5.74) is 0.187. The van der Waals surface area contributed by atoms with Crippen LogP contribution in [0.15, 0.2) is 29.2 Å². The van der Waals surface area contributed by atoms with E-state index in [1.807, 2.05) is 0 Å². The maximum atomic E-state index is 12.6. The van der Waals surface area contributed by atoms with Crippen molar-refractivity contribution in [3.63, 3.8) is 0 Å². The van der Waals surface area contributed by atoms with Crippen LogP contribution in [0.2, 0.25) is 0 Å². The zero-order chi connectivity index (χ0) is 19.0. The molecule has 0 spiro atoms. The number of nitrogens with one attached hydrogen (secondary N) is 1. The quantitative estimate of drug-likeness (QED) is 0.525. The number of carbonyl (C=O) groups is 2. The van der Waals surface area contributed by atoms with Gasteiger partial charge in [-0.3, -0.25) is 4.79 Å². The number of piperidine rings is 1. The molecule has 0 atom stereocenters. The van der Waals surface area contributed by atoms with E-state index in [0.717, 1.165) is 19.3 Å². The third-order valence-electron chi connectivity index (χ3n) is 4.01. The van der Waals surface area contributed by atoms with Crippen molar-refractivity contribution < 1.29 is 27.5 Å². The molecule has 0 bridgehead atoms. The van der Waals surface area contributed by atoms with Gasteiger partial charge in [-0.05, 0) is 37.1 Å². The van der Waals surface area contributed by atoms with E-state index in [-0.39, 0.29) is 10.5 Å². The number of sulfonamides is 1. The van der Waals surface area contributed by atoms with Crippen LogP contribution < -0.4 is 5.32 Å². The Balaban J connectivity index is 1.91. The average Bonchev–Trinajstić information content (AvgIpc) is 2.67. The lowest BCUT2D eigenvalue weighted by atomic mass is 10.2. The number of ether oxygens (including phenoxy) is 2. The molecule has 1 aliphatic rings. The first-order valence-corrected chi connectivity index (χ1v) is 9.92. The number of nitrogens with zero attached hydrogens (tertiary/aromatic N) is 1. The molecule has 1 heterocycles. The Kier molecular flexibility index (Phi) is 7.55. The molecule has 1 amide bonds. The molecule has 0 aliphatic carbocycles. The molecule has 1 fully saturated rings. The van der Waals surface area contributed by atoms with E-state index in [4.69, 9.17) is 9.47 Å². The lowest BCUT2D eigenvalue weighted by molar-refractivity contribution is -0.124. The normalized spacial score (nSPS) is 15.4. The number of hydrogen-bond donors (Lipinski definition) is 1. The van der Waals surface area contributed by atoms with Gasteiger partial charge in [0.15, 0.2) is 6.61 Å². The highest BCUT2D eigenvalue weighted by atomic mass is 32.2. The second-order valence-corrected chi connectivity index (χ2v) is 7.85. The number of carbonyl (C=O) groups excluding carboxylic acids is 2. The van der Waals surface area contributed by atoms with Crippen molar-refractivity contribution in [1.29, 1.82) is 0 Å². The van der Waals surface area contributed by atoms with Crippen LogP contribution in [-0.4, -0.2) is 64.6 Å². The summed E-state index contributed by atoms with van der Waals surface area (Å²) in [5.74, 6) is -1.12. The van der Waals surface area contributed by atoms with E-state index in [1.54, 1.807) is 0 Å². The molecule has 8 nitrogen and oxygen atoms in total. The van der Waals surface area contributed by atoms with Crippen molar-refractivity contribution in [1.82, 2.24) is 9.62 Å². The maximum absolute atomic E-state index is 12.6. The first kappa shape index (κ1) is 20.3. The zero-order valence-electron chi connectivity index (χ0n) is 14.8. The van der Waals surface area contributed by atoms with Crippen molar-refractivity contribution in [2.75, 3.05) is 40.0 Å². The van der Waals surface area contributed by atoms with E-state index in [9.17, 15) is 18.0 Å². The molecule has 1 aromatic rings. The molecule has 9 heteroatoms. The van der Waals surface area contributed by atoms with Gasteiger partial charge in [-0.2, -0.15) is 4.31 Å². The van der Waals surface area contributed by atoms with Gasteiger partial charge < -0.3 is 14.8 Å². The summed E-state index contributed by atoms with van der Waals surface area (Å²) in [6, 6.07) is 5.56. The van der Waals surface area contributed by atoms with Crippen LogP contribution in [-0.2, 0) is 24.3 Å². The van der Waals surface area contributed by atoms with Gasteiger partial charge in [-0.1, -0.05) is 6.42 Å². The minimum absolute atomic E-state index is 0.147.